The number of sulfonamides is 1. The Bertz CT molecular complexity index is 577. The molecule has 112 valence electrons. The third kappa shape index (κ3) is 3.42. The number of nitrogens with one attached hydrogen (secondary N) is 2. The molecule has 0 spiro atoms. The summed E-state index contributed by atoms with van der Waals surface area (Å²) in [4.78, 5) is 4.18. The van der Waals surface area contributed by atoms with Crippen molar-refractivity contribution in [3.8, 4) is 0 Å². The minimum absolute atomic E-state index is 0.00668. The molecule has 0 amide bonds. The predicted octanol–water partition coefficient (Wildman–Crippen LogP) is 2.63. The van der Waals surface area contributed by atoms with Gasteiger partial charge in [-0.05, 0) is 31.7 Å². The Kier molecular flexibility index (Phi) is 4.88. The first-order valence-electron chi connectivity index (χ1n) is 6.85. The smallest absolute Gasteiger partial charge is 0.242 e. The summed E-state index contributed by atoms with van der Waals surface area (Å²) in [6.07, 6.45) is 4.35. The zero-order chi connectivity index (χ0) is 14.8. The van der Waals surface area contributed by atoms with Crippen molar-refractivity contribution in [3.05, 3.63) is 17.3 Å². The molecule has 1 aromatic heterocycles. The second kappa shape index (κ2) is 6.28. The number of hydrogen-bond acceptors (Lipinski definition) is 4. The van der Waals surface area contributed by atoms with E-state index in [1.165, 1.54) is 12.3 Å². The van der Waals surface area contributed by atoms with Gasteiger partial charge in [0.1, 0.15) is 10.7 Å². The first-order chi connectivity index (χ1) is 9.44. The van der Waals surface area contributed by atoms with Crippen molar-refractivity contribution < 1.29 is 8.42 Å². The van der Waals surface area contributed by atoms with Crippen LogP contribution in [0, 0.1) is 5.92 Å². The van der Waals surface area contributed by atoms with Crippen LogP contribution in [0.3, 0.4) is 0 Å². The van der Waals surface area contributed by atoms with Gasteiger partial charge in [-0.25, -0.2) is 18.1 Å². The highest BCUT2D eigenvalue weighted by Crippen LogP contribution is 2.27. The fourth-order valence-corrected chi connectivity index (χ4v) is 4.10. The second-order valence-electron chi connectivity index (χ2n) is 5.17. The first kappa shape index (κ1) is 15.5. The van der Waals surface area contributed by atoms with E-state index in [-0.39, 0.29) is 10.9 Å². The summed E-state index contributed by atoms with van der Waals surface area (Å²) in [5, 5.41) is 3.29. The molecule has 2 unspecified atom stereocenters. The summed E-state index contributed by atoms with van der Waals surface area (Å²) in [5.74, 6) is 0.872. The zero-order valence-electron chi connectivity index (χ0n) is 11.7. The lowest BCUT2D eigenvalue weighted by Crippen LogP contribution is -2.36. The van der Waals surface area contributed by atoms with Crippen LogP contribution in [0.1, 0.15) is 33.1 Å². The lowest BCUT2D eigenvalue weighted by molar-refractivity contribution is 0.476. The molecular formula is C13H20ClN3O2S. The normalized spacial score (nSPS) is 22.9. The van der Waals surface area contributed by atoms with Gasteiger partial charge >= 0.3 is 0 Å². The average molecular weight is 318 g/mol. The zero-order valence-corrected chi connectivity index (χ0v) is 13.3. The Morgan fingerprint density at radius 1 is 1.45 bits per heavy atom. The molecule has 0 bridgehead atoms. The number of pyridine rings is 1. The molecule has 1 saturated carbocycles. The van der Waals surface area contributed by atoms with E-state index in [1.54, 1.807) is 0 Å². The average Bonchev–Trinajstić information content (AvgIpc) is 2.77. The van der Waals surface area contributed by atoms with Crippen molar-refractivity contribution in [2.45, 2.75) is 44.0 Å². The second-order valence-corrected chi connectivity index (χ2v) is 7.29. The Morgan fingerprint density at radius 2 is 2.20 bits per heavy atom. The lowest BCUT2D eigenvalue weighted by Gasteiger charge is -2.17. The summed E-state index contributed by atoms with van der Waals surface area (Å²) in [6, 6.07) is 1.45. The highest BCUT2D eigenvalue weighted by atomic mass is 35.5. The highest BCUT2D eigenvalue weighted by molar-refractivity contribution is 7.89. The molecule has 7 heteroatoms. The molecule has 0 aliphatic heterocycles. The lowest BCUT2D eigenvalue weighted by atomic mass is 10.1. The molecule has 1 aromatic rings. The third-order valence-electron chi connectivity index (χ3n) is 3.64. The molecule has 1 fully saturated rings. The molecule has 2 N–H and O–H groups in total. The van der Waals surface area contributed by atoms with E-state index < -0.39 is 10.0 Å². The summed E-state index contributed by atoms with van der Waals surface area (Å²) in [7, 11) is -3.56. The van der Waals surface area contributed by atoms with Crippen LogP contribution in [0.2, 0.25) is 5.02 Å². The van der Waals surface area contributed by atoms with Gasteiger partial charge in [-0.1, -0.05) is 24.9 Å². The van der Waals surface area contributed by atoms with E-state index in [0.717, 1.165) is 19.3 Å². The van der Waals surface area contributed by atoms with Crippen LogP contribution in [-0.4, -0.2) is 26.0 Å². The Morgan fingerprint density at radius 3 is 2.75 bits per heavy atom. The first-order valence-corrected chi connectivity index (χ1v) is 8.72. The van der Waals surface area contributed by atoms with Crippen molar-refractivity contribution in [2.24, 2.45) is 5.92 Å². The van der Waals surface area contributed by atoms with Gasteiger partial charge in [-0.2, -0.15) is 0 Å². The fraction of sp³-hybridized carbons (Fsp3) is 0.615. The topological polar surface area (TPSA) is 71.1 Å². The Balaban J connectivity index is 2.19. The van der Waals surface area contributed by atoms with Crippen molar-refractivity contribution in [3.63, 3.8) is 0 Å². The summed E-state index contributed by atoms with van der Waals surface area (Å²) in [6.45, 7) is 4.67. The molecular weight excluding hydrogens is 298 g/mol. The minimum atomic E-state index is -3.56. The summed E-state index contributed by atoms with van der Waals surface area (Å²) in [5.41, 5.74) is 0. The maximum absolute atomic E-state index is 12.3. The largest absolute Gasteiger partial charge is 0.369 e. The Labute approximate surface area is 125 Å². The summed E-state index contributed by atoms with van der Waals surface area (Å²) >= 11 is 6.04. The van der Waals surface area contributed by atoms with Crippen LogP contribution >= 0.6 is 11.6 Å². The third-order valence-corrected chi connectivity index (χ3v) is 5.38. The SMILES string of the molecule is CCNc1ncc(S(=O)(=O)NC2CCCC2C)cc1Cl. The molecule has 1 heterocycles. The molecule has 0 aromatic carbocycles. The van der Waals surface area contributed by atoms with Crippen molar-refractivity contribution in [1.29, 1.82) is 0 Å². The number of aromatic nitrogens is 1. The van der Waals surface area contributed by atoms with E-state index in [1.807, 2.05) is 6.92 Å². The van der Waals surface area contributed by atoms with Gasteiger partial charge in [0.05, 0.1) is 5.02 Å². The van der Waals surface area contributed by atoms with Gasteiger partial charge in [-0.15, -0.1) is 0 Å². The molecule has 0 saturated heterocycles. The van der Waals surface area contributed by atoms with Gasteiger partial charge in [0.25, 0.3) is 0 Å². The number of hydrogen-bond donors (Lipinski definition) is 2. The van der Waals surface area contributed by atoms with Crippen molar-refractivity contribution in [2.75, 3.05) is 11.9 Å². The molecule has 1 aliphatic carbocycles. The van der Waals surface area contributed by atoms with Gasteiger partial charge in [-0.3, -0.25) is 0 Å². The van der Waals surface area contributed by atoms with Crippen molar-refractivity contribution >= 4 is 27.4 Å². The van der Waals surface area contributed by atoms with Gasteiger partial charge < -0.3 is 5.32 Å². The standard InChI is InChI=1S/C13H20ClN3O2S/c1-3-15-13-11(14)7-10(8-16-13)20(18,19)17-12-6-4-5-9(12)2/h7-9,12,17H,3-6H2,1-2H3,(H,15,16). The van der Waals surface area contributed by atoms with E-state index in [9.17, 15) is 8.42 Å². The van der Waals surface area contributed by atoms with Crippen LogP contribution in [0.15, 0.2) is 17.2 Å². The molecule has 5 nitrogen and oxygen atoms in total. The molecule has 2 rings (SSSR count). The van der Waals surface area contributed by atoms with Crippen LogP contribution in [0.4, 0.5) is 5.82 Å². The predicted molar refractivity (Wildman–Crippen MR) is 80.5 cm³/mol. The van der Waals surface area contributed by atoms with E-state index in [4.69, 9.17) is 11.6 Å². The van der Waals surface area contributed by atoms with Crippen LogP contribution in [-0.2, 0) is 10.0 Å². The fourth-order valence-electron chi connectivity index (χ4n) is 2.45. The Hall–Kier alpha value is -0.850. The van der Waals surface area contributed by atoms with Crippen molar-refractivity contribution in [1.82, 2.24) is 9.71 Å². The molecule has 0 radical (unpaired) electrons. The highest BCUT2D eigenvalue weighted by Gasteiger charge is 2.28. The van der Waals surface area contributed by atoms with Crippen LogP contribution in [0.25, 0.3) is 0 Å². The van der Waals surface area contributed by atoms with Crippen LogP contribution in [0.5, 0.6) is 0 Å². The molecule has 1 aliphatic rings. The number of rotatable bonds is 5. The number of halogens is 1. The number of anilines is 1. The number of nitrogens with zero attached hydrogens (tertiary/aromatic N) is 1. The van der Waals surface area contributed by atoms with Gasteiger partial charge in [0.2, 0.25) is 10.0 Å². The minimum Gasteiger partial charge on any atom is -0.369 e. The maximum Gasteiger partial charge on any atom is 0.242 e. The molecule has 2 atom stereocenters. The van der Waals surface area contributed by atoms with E-state index in [2.05, 4.69) is 21.9 Å². The monoisotopic (exact) mass is 317 g/mol. The summed E-state index contributed by atoms with van der Waals surface area (Å²) < 4.78 is 27.4. The van der Waals surface area contributed by atoms with Gasteiger partial charge in [0.15, 0.2) is 0 Å². The molecule has 20 heavy (non-hydrogen) atoms. The van der Waals surface area contributed by atoms with E-state index in [0.29, 0.717) is 23.3 Å². The maximum atomic E-state index is 12.3. The van der Waals surface area contributed by atoms with Crippen LogP contribution < -0.4 is 10.0 Å². The quantitative estimate of drug-likeness (QED) is 0.875. The van der Waals surface area contributed by atoms with Gasteiger partial charge in [0, 0.05) is 18.8 Å². The van der Waals surface area contributed by atoms with E-state index >= 15 is 0 Å².